The molecule has 1 aromatic rings. The van der Waals surface area contributed by atoms with Crippen LogP contribution in [-0.2, 0) is 25.6 Å². The van der Waals surface area contributed by atoms with E-state index in [4.69, 9.17) is 5.73 Å². The van der Waals surface area contributed by atoms with E-state index in [0.29, 0.717) is 12.1 Å². The second kappa shape index (κ2) is 11.9. The maximum absolute atomic E-state index is 12.8. The number of carbonyl (C=O) groups is 4. The van der Waals surface area contributed by atoms with Crippen molar-refractivity contribution in [1.82, 2.24) is 25.9 Å². The van der Waals surface area contributed by atoms with Gasteiger partial charge in [0.15, 0.2) is 0 Å². The van der Waals surface area contributed by atoms with E-state index in [1.165, 1.54) is 19.4 Å². The van der Waals surface area contributed by atoms with Gasteiger partial charge in [0.1, 0.15) is 18.1 Å². The van der Waals surface area contributed by atoms with Crippen molar-refractivity contribution in [2.24, 2.45) is 11.7 Å². The first kappa shape index (κ1) is 25.0. The normalized spacial score (nSPS) is 15.9. The van der Waals surface area contributed by atoms with Gasteiger partial charge in [-0.2, -0.15) is 0 Å². The lowest BCUT2D eigenvalue weighted by atomic mass is 9.98. The van der Waals surface area contributed by atoms with Crippen LogP contribution in [0.5, 0.6) is 0 Å². The van der Waals surface area contributed by atoms with E-state index < -0.39 is 54.5 Å². The topological polar surface area (TPSA) is 200 Å². The zero-order valence-electron chi connectivity index (χ0n) is 17.2. The fourth-order valence-electron chi connectivity index (χ4n) is 2.53. The highest BCUT2D eigenvalue weighted by Crippen LogP contribution is 2.09. The minimum Gasteiger partial charge on any atom is -0.480 e. The quantitative estimate of drug-likeness (QED) is 0.196. The van der Waals surface area contributed by atoms with Crippen molar-refractivity contribution in [2.75, 3.05) is 6.61 Å². The number of nitrogens with two attached hydrogens (primary N) is 1. The molecule has 1 aromatic heterocycles. The van der Waals surface area contributed by atoms with Crippen molar-refractivity contribution in [1.29, 1.82) is 0 Å². The molecule has 0 radical (unpaired) electrons. The van der Waals surface area contributed by atoms with Gasteiger partial charge in [0.25, 0.3) is 0 Å². The second-order valence-corrected chi connectivity index (χ2v) is 7.08. The van der Waals surface area contributed by atoms with Crippen molar-refractivity contribution >= 4 is 23.7 Å². The van der Waals surface area contributed by atoms with Crippen molar-refractivity contribution in [3.05, 3.63) is 18.2 Å². The van der Waals surface area contributed by atoms with Gasteiger partial charge in [0.05, 0.1) is 19.0 Å². The van der Waals surface area contributed by atoms with Gasteiger partial charge in [0, 0.05) is 18.3 Å². The van der Waals surface area contributed by atoms with Gasteiger partial charge in [-0.15, -0.1) is 0 Å². The molecule has 12 heteroatoms. The zero-order chi connectivity index (χ0) is 22.8. The predicted octanol–water partition coefficient (Wildman–Crippen LogP) is -2.12. The number of aromatic amines is 1. The molecule has 12 nitrogen and oxygen atoms in total. The number of amides is 3. The van der Waals surface area contributed by atoms with Crippen LogP contribution < -0.4 is 21.7 Å². The number of hydrogen-bond donors (Lipinski definition) is 7. The number of carboxylic acid groups (broad SMARTS) is 1. The van der Waals surface area contributed by atoms with Gasteiger partial charge in [-0.25, -0.2) is 9.78 Å². The Balaban J connectivity index is 2.98. The van der Waals surface area contributed by atoms with Crippen LogP contribution in [0.25, 0.3) is 0 Å². The molecule has 0 spiro atoms. The maximum Gasteiger partial charge on any atom is 0.326 e. The number of aliphatic carboxylic acids is 1. The summed E-state index contributed by atoms with van der Waals surface area (Å²) in [6.07, 6.45) is 3.36. The number of imidazole rings is 1. The van der Waals surface area contributed by atoms with E-state index >= 15 is 0 Å². The van der Waals surface area contributed by atoms with Gasteiger partial charge >= 0.3 is 5.97 Å². The fraction of sp³-hybridized carbons (Fsp3) is 0.611. The Kier molecular flexibility index (Phi) is 9.92. The van der Waals surface area contributed by atoms with E-state index in [-0.39, 0.29) is 12.3 Å². The fourth-order valence-corrected chi connectivity index (χ4v) is 2.53. The highest BCUT2D eigenvalue weighted by molar-refractivity contribution is 5.94. The molecular weight excluding hydrogens is 396 g/mol. The lowest BCUT2D eigenvalue weighted by Crippen LogP contribution is -2.58. The van der Waals surface area contributed by atoms with E-state index in [1.807, 2.05) is 0 Å². The second-order valence-electron chi connectivity index (χ2n) is 7.08. The number of aliphatic hydroxyl groups excluding tert-OH is 1. The first-order chi connectivity index (χ1) is 14.1. The summed E-state index contributed by atoms with van der Waals surface area (Å²) in [5, 5.41) is 26.0. The molecule has 0 aliphatic heterocycles. The average Bonchev–Trinajstić information content (AvgIpc) is 3.21. The molecule has 30 heavy (non-hydrogen) atoms. The van der Waals surface area contributed by atoms with Crippen LogP contribution in [0.1, 0.15) is 32.9 Å². The molecule has 0 saturated heterocycles. The number of H-pyrrole nitrogens is 1. The third-order valence-corrected chi connectivity index (χ3v) is 4.62. The highest BCUT2D eigenvalue weighted by Gasteiger charge is 2.31. The molecule has 0 bridgehead atoms. The Morgan fingerprint density at radius 3 is 2.17 bits per heavy atom. The summed E-state index contributed by atoms with van der Waals surface area (Å²) in [5.74, 6) is -3.73. The van der Waals surface area contributed by atoms with E-state index in [1.54, 1.807) is 13.8 Å². The molecule has 0 aliphatic carbocycles. The lowest BCUT2D eigenvalue weighted by molar-refractivity contribution is -0.143. The van der Waals surface area contributed by atoms with Gasteiger partial charge in [-0.3, -0.25) is 14.4 Å². The molecule has 1 heterocycles. The highest BCUT2D eigenvalue weighted by atomic mass is 16.4. The molecule has 0 aromatic carbocycles. The summed E-state index contributed by atoms with van der Waals surface area (Å²) >= 11 is 0. The number of nitrogens with zero attached hydrogens (tertiary/aromatic N) is 1. The van der Waals surface area contributed by atoms with Gasteiger partial charge in [-0.1, -0.05) is 20.3 Å². The number of aliphatic hydroxyl groups is 1. The smallest absolute Gasteiger partial charge is 0.326 e. The van der Waals surface area contributed by atoms with Crippen molar-refractivity contribution < 1.29 is 29.4 Å². The molecule has 0 saturated carbocycles. The Hall–Kier alpha value is -2.99. The largest absolute Gasteiger partial charge is 0.480 e. The Bertz CT molecular complexity index is 723. The summed E-state index contributed by atoms with van der Waals surface area (Å²) in [6, 6.07) is -4.55. The summed E-state index contributed by atoms with van der Waals surface area (Å²) in [7, 11) is 0. The van der Waals surface area contributed by atoms with Crippen LogP contribution in [0.15, 0.2) is 12.5 Å². The minimum atomic E-state index is -1.33. The first-order valence-electron chi connectivity index (χ1n) is 9.58. The molecule has 1 rings (SSSR count). The Labute approximate surface area is 174 Å². The minimum absolute atomic E-state index is 0.0101. The zero-order valence-corrected chi connectivity index (χ0v) is 17.2. The number of aromatic nitrogens is 2. The maximum atomic E-state index is 12.8. The monoisotopic (exact) mass is 426 g/mol. The Morgan fingerprint density at radius 2 is 1.70 bits per heavy atom. The van der Waals surface area contributed by atoms with Crippen LogP contribution in [0.3, 0.4) is 0 Å². The SMILES string of the molecule is CCC(C)C(NC(=O)C(Cc1cnc[nH]1)NC(=O)C(CO)NC(=O)C(C)N)C(=O)O. The van der Waals surface area contributed by atoms with Crippen molar-refractivity contribution in [3.8, 4) is 0 Å². The third-order valence-electron chi connectivity index (χ3n) is 4.62. The van der Waals surface area contributed by atoms with Crippen LogP contribution in [0.2, 0.25) is 0 Å². The predicted molar refractivity (Wildman–Crippen MR) is 106 cm³/mol. The van der Waals surface area contributed by atoms with Crippen molar-refractivity contribution in [3.63, 3.8) is 0 Å². The Morgan fingerprint density at radius 1 is 1.10 bits per heavy atom. The van der Waals surface area contributed by atoms with Gasteiger partial charge in [-0.05, 0) is 12.8 Å². The standard InChI is InChI=1S/C18H30N6O6/c1-4-9(2)14(18(29)30)24-16(27)12(5-11-6-20-8-21-11)22-17(28)13(7-25)23-15(26)10(3)19/h6,8-10,12-14,25H,4-5,7,19H2,1-3H3,(H,20,21)(H,22,28)(H,23,26)(H,24,27)(H,29,30). The number of rotatable bonds is 12. The van der Waals surface area contributed by atoms with Crippen LogP contribution >= 0.6 is 0 Å². The molecule has 0 fully saturated rings. The van der Waals surface area contributed by atoms with Gasteiger partial charge in [0.2, 0.25) is 17.7 Å². The molecule has 5 atom stereocenters. The summed E-state index contributed by atoms with van der Waals surface area (Å²) in [4.78, 5) is 55.2. The lowest BCUT2D eigenvalue weighted by Gasteiger charge is -2.25. The molecule has 168 valence electrons. The van der Waals surface area contributed by atoms with Crippen LogP contribution in [-0.4, -0.2) is 74.6 Å². The molecular formula is C18H30N6O6. The van der Waals surface area contributed by atoms with Gasteiger partial charge < -0.3 is 36.9 Å². The summed E-state index contributed by atoms with van der Waals surface area (Å²) in [5.41, 5.74) is 5.97. The molecule has 5 unspecified atom stereocenters. The van der Waals surface area contributed by atoms with E-state index in [9.17, 15) is 29.4 Å². The number of carboxylic acids is 1. The summed E-state index contributed by atoms with van der Waals surface area (Å²) in [6.45, 7) is 4.18. The number of carbonyl (C=O) groups excluding carboxylic acids is 3. The van der Waals surface area contributed by atoms with E-state index in [0.717, 1.165) is 0 Å². The average molecular weight is 426 g/mol. The molecule has 3 amide bonds. The number of hydrogen-bond acceptors (Lipinski definition) is 7. The molecule has 0 aliphatic rings. The summed E-state index contributed by atoms with van der Waals surface area (Å²) < 4.78 is 0. The first-order valence-corrected chi connectivity index (χ1v) is 9.58. The van der Waals surface area contributed by atoms with Crippen LogP contribution in [0, 0.1) is 5.92 Å². The third kappa shape index (κ3) is 7.44. The van der Waals surface area contributed by atoms with Crippen LogP contribution in [0.4, 0.5) is 0 Å². The molecule has 8 N–H and O–H groups in total. The van der Waals surface area contributed by atoms with E-state index in [2.05, 4.69) is 25.9 Å². The van der Waals surface area contributed by atoms with Crippen molar-refractivity contribution in [2.45, 2.75) is 57.8 Å². The number of nitrogens with one attached hydrogen (secondary N) is 4.